The minimum absolute atomic E-state index is 0.252. The van der Waals surface area contributed by atoms with E-state index in [1.165, 1.54) is 0 Å². The lowest BCUT2D eigenvalue weighted by Crippen LogP contribution is -2.35. The highest BCUT2D eigenvalue weighted by atomic mass is 35.5. The molecule has 1 unspecified atom stereocenters. The van der Waals surface area contributed by atoms with E-state index in [9.17, 15) is 4.79 Å². The summed E-state index contributed by atoms with van der Waals surface area (Å²) in [6.45, 7) is 7.11. The zero-order chi connectivity index (χ0) is 13.3. The monoisotopic (exact) mass is 267 g/mol. The van der Waals surface area contributed by atoms with Crippen LogP contribution < -0.4 is 4.90 Å². The number of halogens is 1. The van der Waals surface area contributed by atoms with E-state index >= 15 is 0 Å². The highest BCUT2D eigenvalue weighted by Gasteiger charge is 2.30. The highest BCUT2D eigenvalue weighted by Crippen LogP contribution is 2.32. The van der Waals surface area contributed by atoms with E-state index < -0.39 is 0 Å². The average molecular weight is 268 g/mol. The summed E-state index contributed by atoms with van der Waals surface area (Å²) in [5.41, 5.74) is 0.412. The van der Waals surface area contributed by atoms with Crippen molar-refractivity contribution in [3.8, 4) is 0 Å². The van der Waals surface area contributed by atoms with Crippen molar-refractivity contribution in [2.24, 2.45) is 5.92 Å². The Morgan fingerprint density at radius 2 is 2.17 bits per heavy atom. The maximum absolute atomic E-state index is 11.2. The molecule has 0 saturated carbocycles. The fourth-order valence-corrected chi connectivity index (χ4v) is 2.85. The molecule has 2 rings (SSSR count). The van der Waals surface area contributed by atoms with Gasteiger partial charge in [-0.3, -0.25) is 4.79 Å². The predicted molar refractivity (Wildman–Crippen MR) is 72.4 cm³/mol. The fourth-order valence-electron chi connectivity index (χ4n) is 2.60. The summed E-state index contributed by atoms with van der Waals surface area (Å²) in [4.78, 5) is 21.9. The second kappa shape index (κ2) is 5.22. The van der Waals surface area contributed by atoms with Crippen LogP contribution in [-0.4, -0.2) is 28.8 Å². The lowest BCUT2D eigenvalue weighted by molar-refractivity contribution is 0.112. The lowest BCUT2D eigenvalue weighted by Gasteiger charge is -2.29. The van der Waals surface area contributed by atoms with Crippen LogP contribution in [0.25, 0.3) is 0 Å². The Labute approximate surface area is 112 Å². The number of hydrogen-bond donors (Lipinski definition) is 0. The molecule has 18 heavy (non-hydrogen) atoms. The number of carbonyl (C=O) groups excluding carboxylic acids is 1. The Kier molecular flexibility index (Phi) is 3.85. The zero-order valence-electron chi connectivity index (χ0n) is 11.0. The van der Waals surface area contributed by atoms with Crippen molar-refractivity contribution in [2.45, 2.75) is 39.7 Å². The maximum Gasteiger partial charge on any atom is 0.156 e. The maximum atomic E-state index is 11.2. The van der Waals surface area contributed by atoms with E-state index in [0.29, 0.717) is 29.2 Å². The Hall–Kier alpha value is -1.16. The van der Waals surface area contributed by atoms with Crippen LogP contribution in [0.2, 0.25) is 5.15 Å². The molecule has 0 aliphatic carbocycles. The van der Waals surface area contributed by atoms with Crippen LogP contribution >= 0.6 is 11.6 Å². The molecule has 0 radical (unpaired) electrons. The number of nitrogens with zero attached hydrogens (tertiary/aromatic N) is 3. The lowest BCUT2D eigenvalue weighted by atomic mass is 10.0. The van der Waals surface area contributed by atoms with E-state index in [4.69, 9.17) is 11.6 Å². The van der Waals surface area contributed by atoms with Gasteiger partial charge >= 0.3 is 0 Å². The summed E-state index contributed by atoms with van der Waals surface area (Å²) < 4.78 is 0. The molecule has 1 aliphatic rings. The third-order valence-electron chi connectivity index (χ3n) is 3.45. The Morgan fingerprint density at radius 3 is 2.78 bits per heavy atom. The quantitative estimate of drug-likeness (QED) is 0.624. The van der Waals surface area contributed by atoms with Crippen molar-refractivity contribution in [1.82, 2.24) is 9.97 Å². The van der Waals surface area contributed by atoms with Gasteiger partial charge in [0.25, 0.3) is 0 Å². The van der Waals surface area contributed by atoms with Crippen LogP contribution in [0.1, 0.15) is 42.9 Å². The minimum atomic E-state index is 0.252. The SMILES string of the molecule is Cc1nc(Cl)c(C=O)c(N2CCCC2C(C)C)n1. The highest BCUT2D eigenvalue weighted by molar-refractivity contribution is 6.32. The molecule has 1 aliphatic heterocycles. The van der Waals surface area contributed by atoms with Crippen molar-refractivity contribution >= 4 is 23.7 Å². The van der Waals surface area contributed by atoms with E-state index in [0.717, 1.165) is 25.7 Å². The first kappa shape index (κ1) is 13.3. The van der Waals surface area contributed by atoms with Crippen molar-refractivity contribution in [2.75, 3.05) is 11.4 Å². The number of carbonyl (C=O) groups is 1. The van der Waals surface area contributed by atoms with Crippen LogP contribution in [-0.2, 0) is 0 Å². The number of rotatable bonds is 3. The Morgan fingerprint density at radius 1 is 1.44 bits per heavy atom. The normalized spacial score (nSPS) is 19.6. The van der Waals surface area contributed by atoms with Gasteiger partial charge in [0.15, 0.2) is 6.29 Å². The number of aromatic nitrogens is 2. The van der Waals surface area contributed by atoms with Gasteiger partial charge in [0.2, 0.25) is 0 Å². The van der Waals surface area contributed by atoms with Crippen molar-refractivity contribution < 1.29 is 4.79 Å². The second-order valence-corrected chi connectivity index (χ2v) is 5.42. The van der Waals surface area contributed by atoms with Gasteiger partial charge in [-0.25, -0.2) is 9.97 Å². The van der Waals surface area contributed by atoms with Gasteiger partial charge in [-0.2, -0.15) is 0 Å². The number of aryl methyl sites for hydroxylation is 1. The van der Waals surface area contributed by atoms with E-state index in [-0.39, 0.29) is 5.15 Å². The van der Waals surface area contributed by atoms with Gasteiger partial charge in [-0.1, -0.05) is 25.4 Å². The summed E-state index contributed by atoms with van der Waals surface area (Å²) in [5.74, 6) is 1.83. The summed E-state index contributed by atoms with van der Waals surface area (Å²) in [6.07, 6.45) is 3.02. The molecule has 4 nitrogen and oxygen atoms in total. The summed E-state index contributed by atoms with van der Waals surface area (Å²) in [7, 11) is 0. The Balaban J connectivity index is 2.46. The summed E-state index contributed by atoms with van der Waals surface area (Å²) >= 11 is 6.03. The fraction of sp³-hybridized carbons (Fsp3) is 0.615. The molecule has 98 valence electrons. The number of aldehydes is 1. The second-order valence-electron chi connectivity index (χ2n) is 5.06. The molecule has 0 aromatic carbocycles. The average Bonchev–Trinajstić information content (AvgIpc) is 2.76. The van der Waals surface area contributed by atoms with Crippen molar-refractivity contribution in [3.63, 3.8) is 0 Å². The largest absolute Gasteiger partial charge is 0.353 e. The molecule has 0 spiro atoms. The van der Waals surface area contributed by atoms with E-state index in [1.54, 1.807) is 6.92 Å². The van der Waals surface area contributed by atoms with Crippen LogP contribution in [0.3, 0.4) is 0 Å². The molecule has 1 atom stereocenters. The molecule has 1 saturated heterocycles. The molecule has 2 heterocycles. The standard InChI is InChI=1S/C13H18ClN3O/c1-8(2)11-5-4-6-17(11)13-10(7-18)12(14)15-9(3)16-13/h7-8,11H,4-6H2,1-3H3. The molecule has 1 aromatic rings. The van der Waals surface area contributed by atoms with Crippen LogP contribution in [0.4, 0.5) is 5.82 Å². The van der Waals surface area contributed by atoms with Crippen molar-refractivity contribution in [1.29, 1.82) is 0 Å². The van der Waals surface area contributed by atoms with Crippen LogP contribution in [0.15, 0.2) is 0 Å². The van der Waals surface area contributed by atoms with Gasteiger partial charge in [0, 0.05) is 12.6 Å². The Bertz CT molecular complexity index is 462. The van der Waals surface area contributed by atoms with Crippen LogP contribution in [0.5, 0.6) is 0 Å². The van der Waals surface area contributed by atoms with Gasteiger partial charge < -0.3 is 4.90 Å². The minimum Gasteiger partial charge on any atom is -0.353 e. The zero-order valence-corrected chi connectivity index (χ0v) is 11.7. The molecule has 1 fully saturated rings. The smallest absolute Gasteiger partial charge is 0.156 e. The molecule has 0 amide bonds. The first-order chi connectivity index (χ1) is 8.54. The number of anilines is 1. The van der Waals surface area contributed by atoms with E-state index in [1.807, 2.05) is 0 Å². The summed E-state index contributed by atoms with van der Waals surface area (Å²) in [5, 5.41) is 0.252. The third kappa shape index (κ3) is 2.34. The van der Waals surface area contributed by atoms with Crippen LogP contribution in [0, 0.1) is 12.8 Å². The molecular formula is C13H18ClN3O. The number of hydrogen-bond acceptors (Lipinski definition) is 4. The molecule has 5 heteroatoms. The van der Waals surface area contributed by atoms with Crippen molar-refractivity contribution in [3.05, 3.63) is 16.5 Å². The van der Waals surface area contributed by atoms with Gasteiger partial charge in [-0.15, -0.1) is 0 Å². The first-order valence-corrected chi connectivity index (χ1v) is 6.68. The summed E-state index contributed by atoms with van der Waals surface area (Å²) in [6, 6.07) is 0.425. The third-order valence-corrected chi connectivity index (χ3v) is 3.74. The van der Waals surface area contributed by atoms with Gasteiger partial charge in [0.05, 0.1) is 5.56 Å². The van der Waals surface area contributed by atoms with Gasteiger partial charge in [-0.05, 0) is 25.7 Å². The van der Waals surface area contributed by atoms with Gasteiger partial charge in [0.1, 0.15) is 16.8 Å². The topological polar surface area (TPSA) is 46.1 Å². The molecule has 0 N–H and O–H groups in total. The van der Waals surface area contributed by atoms with E-state index in [2.05, 4.69) is 28.7 Å². The molecular weight excluding hydrogens is 250 g/mol. The molecule has 1 aromatic heterocycles. The molecule has 0 bridgehead atoms. The predicted octanol–water partition coefficient (Wildman–Crippen LogP) is 2.88. The first-order valence-electron chi connectivity index (χ1n) is 6.30.